The lowest BCUT2D eigenvalue weighted by molar-refractivity contribution is 0.651. The SMILES string of the molecule is Cc1cc(/C=N/[S@@](=O)C(C)(C)C)cc(C)c1Cl. The van der Waals surface area contributed by atoms with Crippen molar-refractivity contribution in [2.75, 3.05) is 0 Å². The van der Waals surface area contributed by atoms with Crippen LogP contribution in [0, 0.1) is 13.8 Å². The van der Waals surface area contributed by atoms with Crippen LogP contribution < -0.4 is 0 Å². The molecule has 2 nitrogen and oxygen atoms in total. The zero-order valence-electron chi connectivity index (χ0n) is 10.9. The Morgan fingerprint density at radius 2 is 1.71 bits per heavy atom. The summed E-state index contributed by atoms with van der Waals surface area (Å²) in [6.07, 6.45) is 1.65. The molecule has 0 radical (unpaired) electrons. The van der Waals surface area contributed by atoms with Gasteiger partial charge in [0.2, 0.25) is 0 Å². The lowest BCUT2D eigenvalue weighted by atomic mass is 10.1. The summed E-state index contributed by atoms with van der Waals surface area (Å²) >= 11 is 6.08. The predicted molar refractivity (Wildman–Crippen MR) is 76.4 cm³/mol. The Balaban J connectivity index is 2.97. The number of benzene rings is 1. The molecule has 0 amide bonds. The van der Waals surface area contributed by atoms with E-state index in [-0.39, 0.29) is 4.75 Å². The molecular formula is C13H18ClNOS. The van der Waals surface area contributed by atoms with E-state index < -0.39 is 11.0 Å². The molecule has 94 valence electrons. The van der Waals surface area contributed by atoms with Crippen molar-refractivity contribution < 1.29 is 4.21 Å². The molecule has 0 aliphatic carbocycles. The van der Waals surface area contributed by atoms with Gasteiger partial charge in [-0.3, -0.25) is 0 Å². The Bertz CT molecular complexity index is 452. The van der Waals surface area contributed by atoms with Gasteiger partial charge in [-0.2, -0.15) is 4.40 Å². The van der Waals surface area contributed by atoms with E-state index in [1.165, 1.54) is 0 Å². The van der Waals surface area contributed by atoms with Crippen LogP contribution in [0.15, 0.2) is 16.5 Å². The minimum Gasteiger partial charge on any atom is -0.234 e. The van der Waals surface area contributed by atoms with Crippen LogP contribution in [0.25, 0.3) is 0 Å². The van der Waals surface area contributed by atoms with Gasteiger partial charge in [-0.05, 0) is 63.4 Å². The molecule has 0 N–H and O–H groups in total. The van der Waals surface area contributed by atoms with E-state index in [0.29, 0.717) is 0 Å². The normalized spacial score (nSPS) is 14.2. The van der Waals surface area contributed by atoms with Crippen molar-refractivity contribution >= 4 is 28.8 Å². The largest absolute Gasteiger partial charge is 0.234 e. The van der Waals surface area contributed by atoms with E-state index in [2.05, 4.69) is 4.40 Å². The average molecular weight is 272 g/mol. The van der Waals surface area contributed by atoms with Crippen molar-refractivity contribution in [3.8, 4) is 0 Å². The number of hydrogen-bond acceptors (Lipinski definition) is 1. The molecule has 0 spiro atoms. The number of rotatable bonds is 2. The van der Waals surface area contributed by atoms with Crippen LogP contribution in [-0.2, 0) is 11.0 Å². The van der Waals surface area contributed by atoms with Crippen molar-refractivity contribution in [1.82, 2.24) is 0 Å². The van der Waals surface area contributed by atoms with E-state index in [1.54, 1.807) is 6.21 Å². The topological polar surface area (TPSA) is 29.4 Å². The second-order valence-electron chi connectivity index (χ2n) is 5.06. The molecule has 1 aromatic carbocycles. The van der Waals surface area contributed by atoms with Gasteiger partial charge in [-0.15, -0.1) is 0 Å². The third-order valence-electron chi connectivity index (χ3n) is 2.28. The van der Waals surface area contributed by atoms with E-state index in [1.807, 2.05) is 46.8 Å². The minimum atomic E-state index is -1.22. The highest BCUT2D eigenvalue weighted by molar-refractivity contribution is 7.85. The third-order valence-corrected chi connectivity index (χ3v) is 4.22. The Morgan fingerprint density at radius 1 is 1.24 bits per heavy atom. The maximum atomic E-state index is 11.8. The summed E-state index contributed by atoms with van der Waals surface area (Å²) < 4.78 is 15.5. The molecule has 1 aromatic rings. The first-order chi connectivity index (χ1) is 7.71. The quantitative estimate of drug-likeness (QED) is 0.752. The third kappa shape index (κ3) is 3.93. The number of aryl methyl sites for hydroxylation is 2. The summed E-state index contributed by atoms with van der Waals surface area (Å²) in [6.45, 7) is 9.61. The predicted octanol–water partition coefficient (Wildman–Crippen LogP) is 3.84. The molecule has 0 bridgehead atoms. The fourth-order valence-corrected chi connectivity index (χ4v) is 1.96. The second kappa shape index (κ2) is 5.32. The molecule has 1 atom stereocenters. The molecule has 4 heteroatoms. The van der Waals surface area contributed by atoms with Gasteiger partial charge < -0.3 is 0 Å². The Morgan fingerprint density at radius 3 is 2.12 bits per heavy atom. The van der Waals surface area contributed by atoms with Crippen molar-refractivity contribution in [2.24, 2.45) is 4.40 Å². The van der Waals surface area contributed by atoms with Crippen molar-refractivity contribution in [1.29, 1.82) is 0 Å². The van der Waals surface area contributed by atoms with Crippen LogP contribution in [0.5, 0.6) is 0 Å². The summed E-state index contributed by atoms with van der Waals surface area (Å²) in [5.74, 6) is 0. The van der Waals surface area contributed by atoms with E-state index >= 15 is 0 Å². The zero-order chi connectivity index (χ0) is 13.2. The summed E-state index contributed by atoms with van der Waals surface area (Å²) in [4.78, 5) is 0. The Hall–Kier alpha value is -0.670. The average Bonchev–Trinajstić information content (AvgIpc) is 2.20. The maximum Gasteiger partial charge on any atom is 0.144 e. The molecule has 0 saturated heterocycles. The van der Waals surface area contributed by atoms with Crippen LogP contribution in [0.3, 0.4) is 0 Å². The van der Waals surface area contributed by atoms with Crippen LogP contribution in [-0.4, -0.2) is 15.2 Å². The van der Waals surface area contributed by atoms with E-state index in [0.717, 1.165) is 21.7 Å². The van der Waals surface area contributed by atoms with Crippen molar-refractivity contribution in [2.45, 2.75) is 39.4 Å². The molecule has 0 aliphatic rings. The van der Waals surface area contributed by atoms with Gasteiger partial charge in [0.25, 0.3) is 0 Å². The summed E-state index contributed by atoms with van der Waals surface area (Å²) in [5, 5.41) is 0.777. The van der Waals surface area contributed by atoms with Gasteiger partial charge in [0.1, 0.15) is 11.0 Å². The molecule has 0 aliphatic heterocycles. The van der Waals surface area contributed by atoms with E-state index in [9.17, 15) is 4.21 Å². The second-order valence-corrected chi connectivity index (χ2v) is 7.38. The number of halogens is 1. The van der Waals surface area contributed by atoms with Gasteiger partial charge in [0.15, 0.2) is 0 Å². The van der Waals surface area contributed by atoms with Gasteiger partial charge in [0.05, 0.1) is 4.75 Å². The number of hydrogen-bond donors (Lipinski definition) is 0. The fraction of sp³-hybridized carbons (Fsp3) is 0.462. The standard InChI is InChI=1S/C13H18ClNOS/c1-9-6-11(7-10(2)12(9)14)8-15-17(16)13(3,4)5/h6-8H,1-5H3/b15-8+/t17-/m0/s1. The lowest BCUT2D eigenvalue weighted by Crippen LogP contribution is -2.19. The molecule has 0 unspecified atom stereocenters. The van der Waals surface area contributed by atoms with Crippen LogP contribution in [0.2, 0.25) is 5.02 Å². The van der Waals surface area contributed by atoms with Gasteiger partial charge >= 0.3 is 0 Å². The van der Waals surface area contributed by atoms with Crippen molar-refractivity contribution in [3.05, 3.63) is 33.8 Å². The molecule has 1 rings (SSSR count). The highest BCUT2D eigenvalue weighted by atomic mass is 35.5. The summed E-state index contributed by atoms with van der Waals surface area (Å²) in [7, 11) is -1.22. The fourth-order valence-electron chi connectivity index (χ4n) is 1.32. The van der Waals surface area contributed by atoms with Crippen LogP contribution >= 0.6 is 11.6 Å². The monoisotopic (exact) mass is 271 g/mol. The smallest absolute Gasteiger partial charge is 0.144 e. The number of nitrogens with zero attached hydrogens (tertiary/aromatic N) is 1. The van der Waals surface area contributed by atoms with Crippen LogP contribution in [0.4, 0.5) is 0 Å². The molecule has 0 fully saturated rings. The van der Waals surface area contributed by atoms with E-state index in [4.69, 9.17) is 11.6 Å². The lowest BCUT2D eigenvalue weighted by Gasteiger charge is -2.12. The summed E-state index contributed by atoms with van der Waals surface area (Å²) in [5.41, 5.74) is 2.95. The van der Waals surface area contributed by atoms with Gasteiger partial charge in [-0.1, -0.05) is 11.6 Å². The Labute approximate surface area is 111 Å². The summed E-state index contributed by atoms with van der Waals surface area (Å²) in [6, 6.07) is 3.89. The molecule has 0 heterocycles. The minimum absolute atomic E-state index is 0.326. The van der Waals surface area contributed by atoms with Gasteiger partial charge in [-0.25, -0.2) is 4.21 Å². The first-order valence-electron chi connectivity index (χ1n) is 5.44. The zero-order valence-corrected chi connectivity index (χ0v) is 12.4. The molecule has 17 heavy (non-hydrogen) atoms. The highest BCUT2D eigenvalue weighted by Crippen LogP contribution is 2.21. The first-order valence-corrected chi connectivity index (χ1v) is 6.93. The highest BCUT2D eigenvalue weighted by Gasteiger charge is 2.18. The van der Waals surface area contributed by atoms with Crippen molar-refractivity contribution in [3.63, 3.8) is 0 Å². The molecule has 0 aromatic heterocycles. The molecule has 0 saturated carbocycles. The molecular weight excluding hydrogens is 254 g/mol. The Kier molecular flexibility index (Phi) is 4.50. The van der Waals surface area contributed by atoms with Gasteiger partial charge in [0, 0.05) is 11.2 Å². The first kappa shape index (κ1) is 14.4. The van der Waals surface area contributed by atoms with Crippen LogP contribution in [0.1, 0.15) is 37.5 Å². The maximum absolute atomic E-state index is 11.8.